The third-order valence-corrected chi connectivity index (χ3v) is 8.54. The number of likely N-dealkylation sites (tertiary alicyclic amines) is 1. The fourth-order valence-corrected chi connectivity index (χ4v) is 6.04. The molecule has 5 rings (SSSR count). The van der Waals surface area contributed by atoms with Crippen LogP contribution in [0.15, 0.2) is 12.3 Å². The molecule has 3 fully saturated rings. The van der Waals surface area contributed by atoms with Gasteiger partial charge < -0.3 is 20.6 Å². The number of aliphatic hydroxyl groups excluding tert-OH is 1. The summed E-state index contributed by atoms with van der Waals surface area (Å²) in [5, 5.41) is 14.4. The van der Waals surface area contributed by atoms with Gasteiger partial charge in [0.25, 0.3) is 18.2 Å². The number of nitrogens with one attached hydrogen (secondary N) is 2. The summed E-state index contributed by atoms with van der Waals surface area (Å²) in [5.41, 5.74) is -0.968. The van der Waals surface area contributed by atoms with Gasteiger partial charge in [0, 0.05) is 36.0 Å². The zero-order valence-corrected chi connectivity index (χ0v) is 21.8. The van der Waals surface area contributed by atoms with Crippen LogP contribution in [0.4, 0.5) is 27.8 Å². The molecule has 1 saturated heterocycles. The first-order valence-corrected chi connectivity index (χ1v) is 13.7. The maximum Gasteiger partial charge on any atom is 0.408 e. The van der Waals surface area contributed by atoms with E-state index in [0.29, 0.717) is 32.2 Å². The average Bonchev–Trinajstić information content (AvgIpc) is 3.43. The Kier molecular flexibility index (Phi) is 7.53. The predicted molar refractivity (Wildman–Crippen MR) is 133 cm³/mol. The predicted octanol–water partition coefficient (Wildman–Crippen LogP) is 4.77. The number of alkyl halides is 5. The van der Waals surface area contributed by atoms with Gasteiger partial charge in [-0.05, 0) is 57.4 Å². The van der Waals surface area contributed by atoms with Crippen LogP contribution in [0.1, 0.15) is 77.7 Å². The third kappa shape index (κ3) is 5.86. The van der Waals surface area contributed by atoms with Crippen molar-refractivity contribution in [1.29, 1.82) is 0 Å². The topological polar surface area (TPSA) is 107 Å². The lowest BCUT2D eigenvalue weighted by atomic mass is 9.89. The minimum atomic E-state index is -4.57. The number of thiazole rings is 1. The number of amides is 2. The van der Waals surface area contributed by atoms with Crippen LogP contribution in [-0.4, -0.2) is 68.7 Å². The molecule has 0 radical (unpaired) electrons. The fourth-order valence-electron chi connectivity index (χ4n) is 5.04. The molecule has 1 aliphatic heterocycles. The van der Waals surface area contributed by atoms with E-state index in [1.165, 1.54) is 0 Å². The second-order valence-electron chi connectivity index (χ2n) is 10.4. The van der Waals surface area contributed by atoms with Gasteiger partial charge in [0.15, 0.2) is 5.01 Å². The average molecular weight is 574 g/mol. The van der Waals surface area contributed by atoms with Gasteiger partial charge in [-0.15, -0.1) is 11.3 Å². The van der Waals surface area contributed by atoms with Gasteiger partial charge in [-0.3, -0.25) is 9.59 Å². The van der Waals surface area contributed by atoms with Crippen LogP contribution in [0, 0.1) is 5.92 Å². The lowest BCUT2D eigenvalue weighted by Gasteiger charge is -2.31. The highest BCUT2D eigenvalue weighted by Gasteiger charge is 2.49. The largest absolute Gasteiger partial charge is 0.408 e. The molecule has 0 bridgehead atoms. The molecule has 3 aliphatic rings. The van der Waals surface area contributed by atoms with Crippen LogP contribution in [0.2, 0.25) is 0 Å². The summed E-state index contributed by atoms with van der Waals surface area (Å²) < 4.78 is 69.0. The molecular weight excluding hydrogens is 545 g/mol. The Morgan fingerprint density at radius 2 is 1.92 bits per heavy atom. The van der Waals surface area contributed by atoms with Gasteiger partial charge in [0.05, 0.1) is 11.0 Å². The number of aromatic nitrogens is 2. The zero-order valence-electron chi connectivity index (χ0n) is 21.0. The molecule has 2 saturated carbocycles. The standard InChI is InChI=1S/C25H28F5N5O3S/c1-11-3-2-6-35(11)24(38)18-19(39-23(34-18)22(37)32-13-7-14(36)8-13)16-10-31-17(9-15(16)21(26)27)33-20(12-4-5-12)25(28,29)30/h9-14,20-21,36H,2-8H2,1H3,(H,31,33)(H,32,37)/t11-,13?,14?,20-/m0/s1. The van der Waals surface area contributed by atoms with E-state index < -0.39 is 48.0 Å². The van der Waals surface area contributed by atoms with E-state index in [1.807, 2.05) is 6.92 Å². The molecule has 14 heteroatoms. The Balaban J connectivity index is 1.51. The lowest BCUT2D eigenvalue weighted by molar-refractivity contribution is -0.146. The Morgan fingerprint density at radius 3 is 2.49 bits per heavy atom. The van der Waals surface area contributed by atoms with E-state index in [2.05, 4.69) is 20.6 Å². The molecule has 39 heavy (non-hydrogen) atoms. The van der Waals surface area contributed by atoms with Crippen LogP contribution >= 0.6 is 11.3 Å². The number of anilines is 1. The van der Waals surface area contributed by atoms with Crippen molar-refractivity contribution in [3.05, 3.63) is 28.5 Å². The van der Waals surface area contributed by atoms with Gasteiger partial charge in [-0.25, -0.2) is 18.7 Å². The molecule has 0 unspecified atom stereocenters. The highest BCUT2D eigenvalue weighted by Crippen LogP contribution is 2.43. The van der Waals surface area contributed by atoms with Crippen molar-refractivity contribution in [3.63, 3.8) is 0 Å². The van der Waals surface area contributed by atoms with Gasteiger partial charge in [-0.2, -0.15) is 13.2 Å². The molecule has 0 spiro atoms. The Labute approximate surface area is 225 Å². The summed E-state index contributed by atoms with van der Waals surface area (Å²) in [5.74, 6) is -2.12. The number of carbonyl (C=O) groups is 2. The minimum Gasteiger partial charge on any atom is -0.393 e. The number of rotatable bonds is 8. The number of carbonyl (C=O) groups excluding carboxylic acids is 2. The lowest BCUT2D eigenvalue weighted by Crippen LogP contribution is -2.46. The van der Waals surface area contributed by atoms with Crippen molar-refractivity contribution in [2.45, 2.75) is 82.3 Å². The third-order valence-electron chi connectivity index (χ3n) is 7.45. The molecule has 3 heterocycles. The first-order valence-electron chi connectivity index (χ1n) is 12.8. The van der Waals surface area contributed by atoms with Crippen molar-refractivity contribution < 1.29 is 36.6 Å². The van der Waals surface area contributed by atoms with Crippen LogP contribution in [-0.2, 0) is 0 Å². The van der Waals surface area contributed by atoms with Crippen molar-refractivity contribution in [2.75, 3.05) is 11.9 Å². The normalized spacial score (nSPS) is 24.0. The molecule has 212 valence electrons. The smallest absolute Gasteiger partial charge is 0.393 e. The van der Waals surface area contributed by atoms with E-state index in [0.717, 1.165) is 36.4 Å². The monoisotopic (exact) mass is 573 g/mol. The summed E-state index contributed by atoms with van der Waals surface area (Å²) in [6.45, 7) is 2.30. The van der Waals surface area contributed by atoms with E-state index in [1.54, 1.807) is 4.90 Å². The van der Waals surface area contributed by atoms with E-state index in [-0.39, 0.29) is 39.0 Å². The maximum atomic E-state index is 14.3. The highest BCUT2D eigenvalue weighted by atomic mass is 32.1. The van der Waals surface area contributed by atoms with Gasteiger partial charge >= 0.3 is 6.18 Å². The van der Waals surface area contributed by atoms with Crippen molar-refractivity contribution >= 4 is 29.0 Å². The number of halogens is 5. The molecule has 2 aromatic rings. The zero-order chi connectivity index (χ0) is 28.1. The van der Waals surface area contributed by atoms with Crippen molar-refractivity contribution in [1.82, 2.24) is 20.2 Å². The highest BCUT2D eigenvalue weighted by molar-refractivity contribution is 7.17. The quantitative estimate of drug-likeness (QED) is 0.393. The summed E-state index contributed by atoms with van der Waals surface area (Å²) >= 11 is 0.750. The molecule has 3 N–H and O–H groups in total. The number of pyridine rings is 1. The van der Waals surface area contributed by atoms with Crippen molar-refractivity contribution in [3.8, 4) is 10.4 Å². The van der Waals surface area contributed by atoms with Gasteiger partial charge in [0.1, 0.15) is 17.6 Å². The van der Waals surface area contributed by atoms with Crippen molar-refractivity contribution in [2.24, 2.45) is 5.92 Å². The van der Waals surface area contributed by atoms with Crippen LogP contribution in [0.25, 0.3) is 10.4 Å². The molecule has 2 aliphatic carbocycles. The number of hydrogen-bond acceptors (Lipinski definition) is 7. The molecule has 2 amide bonds. The first kappa shape index (κ1) is 27.7. The fraction of sp³-hybridized carbons (Fsp3) is 0.600. The van der Waals surface area contributed by atoms with Crippen LogP contribution in [0.3, 0.4) is 0 Å². The summed E-state index contributed by atoms with van der Waals surface area (Å²) in [6.07, 6.45) is -4.17. The number of hydrogen-bond donors (Lipinski definition) is 3. The summed E-state index contributed by atoms with van der Waals surface area (Å²) in [4.78, 5) is 36.1. The maximum absolute atomic E-state index is 14.3. The number of nitrogens with zero attached hydrogens (tertiary/aromatic N) is 3. The van der Waals surface area contributed by atoms with Crippen LogP contribution in [0.5, 0.6) is 0 Å². The Bertz CT molecular complexity index is 1250. The van der Waals surface area contributed by atoms with E-state index in [4.69, 9.17) is 0 Å². The first-order chi connectivity index (χ1) is 18.4. The molecule has 2 atom stereocenters. The van der Waals surface area contributed by atoms with Gasteiger partial charge in [-0.1, -0.05) is 0 Å². The molecule has 0 aromatic carbocycles. The van der Waals surface area contributed by atoms with E-state index >= 15 is 0 Å². The summed E-state index contributed by atoms with van der Waals surface area (Å²) in [6, 6.07) is -1.42. The summed E-state index contributed by atoms with van der Waals surface area (Å²) in [7, 11) is 0. The van der Waals surface area contributed by atoms with Crippen LogP contribution < -0.4 is 10.6 Å². The molecular formula is C25H28F5N5O3S. The van der Waals surface area contributed by atoms with Gasteiger partial charge in [0.2, 0.25) is 0 Å². The second-order valence-corrected chi connectivity index (χ2v) is 11.4. The second kappa shape index (κ2) is 10.6. The Morgan fingerprint density at radius 1 is 1.21 bits per heavy atom. The Hall–Kier alpha value is -2.87. The van der Waals surface area contributed by atoms with E-state index in [9.17, 15) is 36.6 Å². The SMILES string of the molecule is C[C@H]1CCCN1C(=O)c1nc(C(=O)NC2CC(O)C2)sc1-c1cnc(N[C@@H](C2CC2)C(F)(F)F)cc1C(F)F. The molecule has 2 aromatic heterocycles. The number of aliphatic hydroxyl groups is 1. The minimum absolute atomic E-state index is 0.00167. The molecule has 8 nitrogen and oxygen atoms in total.